The molecule has 1 aromatic heterocycles. The second-order valence-electron chi connectivity index (χ2n) is 8.09. The molecule has 1 heterocycles. The van der Waals surface area contributed by atoms with Crippen LogP contribution in [0.4, 0.5) is 10.8 Å². The van der Waals surface area contributed by atoms with Crippen molar-refractivity contribution in [2.75, 3.05) is 23.3 Å². The van der Waals surface area contributed by atoms with E-state index in [0.717, 1.165) is 29.6 Å². The van der Waals surface area contributed by atoms with E-state index in [1.807, 2.05) is 36.4 Å². The van der Waals surface area contributed by atoms with E-state index in [2.05, 4.69) is 54.4 Å². The molecule has 0 bridgehead atoms. The summed E-state index contributed by atoms with van der Waals surface area (Å²) in [5.41, 5.74) is 4.44. The summed E-state index contributed by atoms with van der Waals surface area (Å²) in [7, 11) is 0. The number of hydrogen-bond acceptors (Lipinski definition) is 5. The summed E-state index contributed by atoms with van der Waals surface area (Å²) >= 11 is 1.41. The number of amides is 1. The van der Waals surface area contributed by atoms with Gasteiger partial charge in [-0.2, -0.15) is 4.37 Å². The molecular formula is C24H30N4OS. The first kappa shape index (κ1) is 22.0. The second-order valence-corrected chi connectivity index (χ2v) is 8.82. The molecule has 3 aromatic rings. The maximum absolute atomic E-state index is 12.5. The van der Waals surface area contributed by atoms with Gasteiger partial charge in [-0.15, -0.1) is 0 Å². The molecule has 30 heavy (non-hydrogen) atoms. The highest BCUT2D eigenvalue weighted by Crippen LogP contribution is 2.21. The van der Waals surface area contributed by atoms with Crippen molar-refractivity contribution in [1.29, 1.82) is 0 Å². The fourth-order valence-corrected chi connectivity index (χ4v) is 3.93. The summed E-state index contributed by atoms with van der Waals surface area (Å²) in [6, 6.07) is 16.2. The first-order chi connectivity index (χ1) is 14.4. The van der Waals surface area contributed by atoms with Crippen LogP contribution in [0.2, 0.25) is 0 Å². The molecule has 0 saturated carbocycles. The van der Waals surface area contributed by atoms with Crippen LogP contribution in [0.15, 0.2) is 48.5 Å². The lowest BCUT2D eigenvalue weighted by Gasteiger charge is -2.23. The molecule has 1 N–H and O–H groups in total. The van der Waals surface area contributed by atoms with E-state index in [-0.39, 0.29) is 5.91 Å². The molecule has 0 unspecified atom stereocenters. The Balaban J connectivity index is 1.61. The number of nitrogens with zero attached hydrogens (tertiary/aromatic N) is 3. The van der Waals surface area contributed by atoms with Crippen LogP contribution in [0.1, 0.15) is 42.8 Å². The van der Waals surface area contributed by atoms with E-state index in [1.54, 1.807) is 0 Å². The summed E-state index contributed by atoms with van der Waals surface area (Å²) in [5, 5.41) is 3.89. The smallest absolute Gasteiger partial charge is 0.226 e. The zero-order chi connectivity index (χ0) is 21.5. The predicted octanol–water partition coefficient (Wildman–Crippen LogP) is 5.24. The largest absolute Gasteiger partial charge is 0.346 e. The number of benzene rings is 2. The summed E-state index contributed by atoms with van der Waals surface area (Å²) < 4.78 is 4.54. The molecule has 2 aromatic carbocycles. The van der Waals surface area contributed by atoms with Crippen molar-refractivity contribution >= 4 is 28.3 Å². The molecule has 0 atom stereocenters. The van der Waals surface area contributed by atoms with Crippen molar-refractivity contribution in [2.45, 2.75) is 40.5 Å². The summed E-state index contributed by atoms with van der Waals surface area (Å²) in [6.45, 7) is 9.94. The highest BCUT2D eigenvalue weighted by atomic mass is 32.1. The number of aromatic nitrogens is 2. The molecule has 0 spiro atoms. The average Bonchev–Trinajstić information content (AvgIpc) is 3.17. The van der Waals surface area contributed by atoms with Crippen molar-refractivity contribution < 1.29 is 4.79 Å². The van der Waals surface area contributed by atoms with E-state index >= 15 is 0 Å². The van der Waals surface area contributed by atoms with E-state index in [1.165, 1.54) is 28.2 Å². The minimum Gasteiger partial charge on any atom is -0.346 e. The standard InChI is InChI=1S/C24H30N4OS/c1-17(2)16-28(13-12-23(29)25-21-11-10-18(3)19(4)14-21)24-26-22(27-30-24)15-20-8-6-5-7-9-20/h5-11,14,17H,12-13,15-16H2,1-4H3,(H,25,29). The second kappa shape index (κ2) is 10.3. The molecule has 0 aliphatic rings. The number of carbonyl (C=O) groups is 1. The SMILES string of the molecule is Cc1ccc(NC(=O)CCN(CC(C)C)c2nc(Cc3ccccc3)ns2)cc1C. The van der Waals surface area contributed by atoms with Crippen molar-refractivity contribution in [2.24, 2.45) is 5.92 Å². The highest BCUT2D eigenvalue weighted by molar-refractivity contribution is 7.09. The quantitative estimate of drug-likeness (QED) is 0.512. The van der Waals surface area contributed by atoms with Gasteiger partial charge in [0.05, 0.1) is 0 Å². The molecule has 0 saturated heterocycles. The lowest BCUT2D eigenvalue weighted by molar-refractivity contribution is -0.116. The van der Waals surface area contributed by atoms with Crippen LogP contribution in [-0.4, -0.2) is 28.4 Å². The minimum atomic E-state index is 0.0148. The molecule has 158 valence electrons. The Morgan fingerprint density at radius 3 is 2.57 bits per heavy atom. The van der Waals surface area contributed by atoms with Gasteiger partial charge in [-0.3, -0.25) is 4.79 Å². The zero-order valence-corrected chi connectivity index (χ0v) is 19.0. The van der Waals surface area contributed by atoms with Gasteiger partial charge in [0.1, 0.15) is 5.82 Å². The number of hydrogen-bond donors (Lipinski definition) is 1. The third-order valence-corrected chi connectivity index (χ3v) is 5.73. The minimum absolute atomic E-state index is 0.0148. The van der Waals surface area contributed by atoms with Crippen LogP contribution < -0.4 is 10.2 Å². The first-order valence-corrected chi connectivity index (χ1v) is 11.2. The van der Waals surface area contributed by atoms with Gasteiger partial charge in [-0.05, 0) is 48.6 Å². The Bertz CT molecular complexity index is 968. The molecule has 0 aliphatic carbocycles. The van der Waals surface area contributed by atoms with Gasteiger partial charge >= 0.3 is 0 Å². The van der Waals surface area contributed by atoms with Crippen molar-refractivity contribution in [3.8, 4) is 0 Å². The van der Waals surface area contributed by atoms with Gasteiger partial charge in [0, 0.05) is 43.2 Å². The predicted molar refractivity (Wildman–Crippen MR) is 125 cm³/mol. The third kappa shape index (κ3) is 6.39. The Hall–Kier alpha value is -2.73. The number of nitrogens with one attached hydrogen (secondary N) is 1. The normalized spacial score (nSPS) is 11.0. The zero-order valence-electron chi connectivity index (χ0n) is 18.2. The molecule has 0 fully saturated rings. The fourth-order valence-electron chi connectivity index (χ4n) is 3.21. The van der Waals surface area contributed by atoms with Crippen LogP contribution in [0.5, 0.6) is 0 Å². The summed E-state index contributed by atoms with van der Waals surface area (Å²) in [6.07, 6.45) is 1.13. The lowest BCUT2D eigenvalue weighted by atomic mass is 10.1. The maximum Gasteiger partial charge on any atom is 0.226 e. The number of carbonyl (C=O) groups excluding carboxylic acids is 1. The van der Waals surface area contributed by atoms with Gasteiger partial charge in [0.25, 0.3) is 0 Å². The van der Waals surface area contributed by atoms with E-state index in [4.69, 9.17) is 4.98 Å². The third-order valence-electron chi connectivity index (χ3n) is 4.92. The van der Waals surface area contributed by atoms with E-state index < -0.39 is 0 Å². The molecular weight excluding hydrogens is 392 g/mol. The van der Waals surface area contributed by atoms with Crippen molar-refractivity contribution in [3.05, 3.63) is 71.0 Å². The van der Waals surface area contributed by atoms with Gasteiger partial charge in [0.2, 0.25) is 11.0 Å². The molecule has 5 nitrogen and oxygen atoms in total. The average molecular weight is 423 g/mol. The Kier molecular flexibility index (Phi) is 7.57. The lowest BCUT2D eigenvalue weighted by Crippen LogP contribution is -2.31. The Morgan fingerprint density at radius 2 is 1.87 bits per heavy atom. The van der Waals surface area contributed by atoms with Crippen LogP contribution >= 0.6 is 11.5 Å². The molecule has 0 radical (unpaired) electrons. The van der Waals surface area contributed by atoms with Crippen molar-refractivity contribution in [1.82, 2.24) is 9.36 Å². The van der Waals surface area contributed by atoms with Gasteiger partial charge in [-0.1, -0.05) is 50.2 Å². The molecule has 1 amide bonds. The Labute approximate surface area is 183 Å². The highest BCUT2D eigenvalue weighted by Gasteiger charge is 2.16. The van der Waals surface area contributed by atoms with Crippen LogP contribution in [0.3, 0.4) is 0 Å². The van der Waals surface area contributed by atoms with Crippen LogP contribution in [0.25, 0.3) is 0 Å². The molecule has 0 aliphatic heterocycles. The van der Waals surface area contributed by atoms with Gasteiger partial charge in [-0.25, -0.2) is 4.98 Å². The first-order valence-electron chi connectivity index (χ1n) is 10.4. The number of aryl methyl sites for hydroxylation is 2. The summed E-state index contributed by atoms with van der Waals surface area (Å²) in [5.74, 6) is 1.31. The number of anilines is 2. The van der Waals surface area contributed by atoms with Crippen LogP contribution in [0, 0.1) is 19.8 Å². The van der Waals surface area contributed by atoms with Gasteiger partial charge in [0.15, 0.2) is 0 Å². The fraction of sp³-hybridized carbons (Fsp3) is 0.375. The van der Waals surface area contributed by atoms with E-state index in [0.29, 0.717) is 18.9 Å². The Morgan fingerprint density at radius 1 is 1.10 bits per heavy atom. The van der Waals surface area contributed by atoms with E-state index in [9.17, 15) is 4.79 Å². The van der Waals surface area contributed by atoms with Crippen LogP contribution in [-0.2, 0) is 11.2 Å². The monoisotopic (exact) mass is 422 g/mol. The number of rotatable bonds is 9. The van der Waals surface area contributed by atoms with Crippen molar-refractivity contribution in [3.63, 3.8) is 0 Å². The summed E-state index contributed by atoms with van der Waals surface area (Å²) in [4.78, 5) is 19.4. The maximum atomic E-state index is 12.5. The topological polar surface area (TPSA) is 58.1 Å². The molecule has 3 rings (SSSR count). The van der Waals surface area contributed by atoms with Gasteiger partial charge < -0.3 is 10.2 Å². The molecule has 6 heteroatoms.